The Bertz CT molecular complexity index is 864. The fourth-order valence-electron chi connectivity index (χ4n) is 2.59. The Morgan fingerprint density at radius 3 is 2.48 bits per heavy atom. The van der Waals surface area contributed by atoms with Gasteiger partial charge in [-0.2, -0.15) is 0 Å². The number of aromatic nitrogens is 2. The van der Waals surface area contributed by atoms with Crippen LogP contribution >= 0.6 is 0 Å². The molecule has 1 aliphatic rings. The van der Waals surface area contributed by atoms with Crippen molar-refractivity contribution in [1.29, 1.82) is 0 Å². The van der Waals surface area contributed by atoms with E-state index < -0.39 is 14.9 Å². The van der Waals surface area contributed by atoms with Crippen molar-refractivity contribution in [1.82, 2.24) is 14.7 Å². The molecular formula is C15H17N5O4S. The summed E-state index contributed by atoms with van der Waals surface area (Å²) in [5.74, 6) is 1.16. The van der Waals surface area contributed by atoms with E-state index in [1.54, 1.807) is 12.3 Å². The van der Waals surface area contributed by atoms with E-state index in [1.165, 1.54) is 12.1 Å². The Kier molecular flexibility index (Phi) is 4.91. The molecule has 0 radical (unpaired) electrons. The maximum Gasteiger partial charge on any atom is 0.269 e. The van der Waals surface area contributed by atoms with Crippen LogP contribution in [-0.2, 0) is 16.6 Å². The average Bonchev–Trinajstić information content (AvgIpc) is 3.15. The smallest absolute Gasteiger partial charge is 0.269 e. The van der Waals surface area contributed by atoms with Crippen molar-refractivity contribution in [3.05, 3.63) is 52.5 Å². The number of rotatable bonds is 6. The Labute approximate surface area is 144 Å². The van der Waals surface area contributed by atoms with Crippen molar-refractivity contribution >= 4 is 21.5 Å². The van der Waals surface area contributed by atoms with Crippen molar-refractivity contribution in [2.24, 2.45) is 0 Å². The van der Waals surface area contributed by atoms with Crippen molar-refractivity contribution < 1.29 is 13.3 Å². The van der Waals surface area contributed by atoms with Crippen molar-refractivity contribution in [2.45, 2.75) is 24.3 Å². The highest BCUT2D eigenvalue weighted by Gasteiger charge is 2.17. The summed E-state index contributed by atoms with van der Waals surface area (Å²) < 4.78 is 27.0. The lowest BCUT2D eigenvalue weighted by Gasteiger charge is -2.16. The molecular weight excluding hydrogens is 346 g/mol. The molecule has 0 aliphatic carbocycles. The number of hydrogen-bond donors (Lipinski definition) is 1. The molecule has 1 saturated heterocycles. The molecule has 1 fully saturated rings. The van der Waals surface area contributed by atoms with Gasteiger partial charge in [-0.1, -0.05) is 0 Å². The van der Waals surface area contributed by atoms with Gasteiger partial charge in [0.25, 0.3) is 5.69 Å². The first-order chi connectivity index (χ1) is 12.0. The molecule has 9 nitrogen and oxygen atoms in total. The molecule has 1 aromatic carbocycles. The predicted octanol–water partition coefficient (Wildman–Crippen LogP) is 1.46. The number of nitrogens with one attached hydrogen (secondary N) is 1. The minimum Gasteiger partial charge on any atom is -0.357 e. The number of nitro groups is 1. The molecule has 1 aromatic heterocycles. The van der Waals surface area contributed by atoms with E-state index in [9.17, 15) is 18.5 Å². The highest BCUT2D eigenvalue weighted by Crippen LogP contribution is 2.18. The molecule has 0 unspecified atom stereocenters. The second-order valence-electron chi connectivity index (χ2n) is 5.60. The number of anilines is 1. The molecule has 2 heterocycles. The fourth-order valence-corrected chi connectivity index (χ4v) is 3.57. The molecule has 0 spiro atoms. The average molecular weight is 363 g/mol. The van der Waals surface area contributed by atoms with Gasteiger partial charge >= 0.3 is 0 Å². The van der Waals surface area contributed by atoms with Crippen LogP contribution in [-0.4, -0.2) is 36.4 Å². The molecule has 0 amide bonds. The summed E-state index contributed by atoms with van der Waals surface area (Å²) in [4.78, 5) is 20.6. The lowest BCUT2D eigenvalue weighted by molar-refractivity contribution is -0.384. The third kappa shape index (κ3) is 4.09. The van der Waals surface area contributed by atoms with Gasteiger partial charge in [0.1, 0.15) is 11.6 Å². The first-order valence-electron chi connectivity index (χ1n) is 7.77. The third-order valence-corrected chi connectivity index (χ3v) is 5.32. The highest BCUT2D eigenvalue weighted by molar-refractivity contribution is 7.89. The van der Waals surface area contributed by atoms with E-state index in [-0.39, 0.29) is 17.1 Å². The standard InChI is InChI=1S/C15H17N5O4S/c21-20(22)12-3-5-13(6-4-12)25(23,24)17-11-14-16-8-7-15(18-14)19-9-1-2-10-19/h3-8,17H,1-2,9-11H2. The van der Waals surface area contributed by atoms with Crippen molar-refractivity contribution in [3.8, 4) is 0 Å². The molecule has 10 heteroatoms. The lowest BCUT2D eigenvalue weighted by Crippen LogP contribution is -2.25. The second kappa shape index (κ2) is 7.11. The zero-order chi connectivity index (χ0) is 17.9. The van der Waals surface area contributed by atoms with Gasteiger partial charge in [0, 0.05) is 31.4 Å². The molecule has 25 heavy (non-hydrogen) atoms. The Hall–Kier alpha value is -2.59. The van der Waals surface area contributed by atoms with E-state index >= 15 is 0 Å². The van der Waals surface area contributed by atoms with E-state index in [4.69, 9.17) is 0 Å². The summed E-state index contributed by atoms with van der Waals surface area (Å²) in [7, 11) is -3.80. The number of benzene rings is 1. The van der Waals surface area contributed by atoms with E-state index in [2.05, 4.69) is 19.6 Å². The van der Waals surface area contributed by atoms with Gasteiger partial charge in [0.15, 0.2) is 0 Å². The van der Waals surface area contributed by atoms with Crippen molar-refractivity contribution in [2.75, 3.05) is 18.0 Å². The molecule has 1 aliphatic heterocycles. The molecule has 2 aromatic rings. The minimum absolute atomic E-state index is 0.0474. The van der Waals surface area contributed by atoms with Gasteiger partial charge in [-0.05, 0) is 31.0 Å². The van der Waals surface area contributed by atoms with Gasteiger partial charge in [-0.3, -0.25) is 10.1 Å². The van der Waals surface area contributed by atoms with Crippen LogP contribution in [0.1, 0.15) is 18.7 Å². The largest absolute Gasteiger partial charge is 0.357 e. The van der Waals surface area contributed by atoms with Crippen LogP contribution in [0.2, 0.25) is 0 Å². The summed E-state index contributed by atoms with van der Waals surface area (Å²) in [5, 5.41) is 10.6. The van der Waals surface area contributed by atoms with Gasteiger partial charge in [0.2, 0.25) is 10.0 Å². The van der Waals surface area contributed by atoms with E-state index in [0.717, 1.165) is 43.9 Å². The van der Waals surface area contributed by atoms with Crippen LogP contribution in [0.25, 0.3) is 0 Å². The SMILES string of the molecule is O=[N+]([O-])c1ccc(S(=O)(=O)NCc2nccc(N3CCCC3)n2)cc1. The van der Waals surface area contributed by atoms with Crippen LogP contribution in [0.3, 0.4) is 0 Å². The number of non-ortho nitro benzene ring substituents is 1. The van der Waals surface area contributed by atoms with Crippen LogP contribution in [0.4, 0.5) is 11.5 Å². The Balaban J connectivity index is 1.69. The van der Waals surface area contributed by atoms with Gasteiger partial charge in [0.05, 0.1) is 16.4 Å². The summed E-state index contributed by atoms with van der Waals surface area (Å²) in [5.41, 5.74) is -0.166. The molecule has 0 atom stereocenters. The number of nitro benzene ring substituents is 1. The summed E-state index contributed by atoms with van der Waals surface area (Å²) >= 11 is 0. The fraction of sp³-hybridized carbons (Fsp3) is 0.333. The van der Waals surface area contributed by atoms with Crippen LogP contribution in [0, 0.1) is 10.1 Å². The number of nitrogens with zero attached hydrogens (tertiary/aromatic N) is 4. The topological polar surface area (TPSA) is 118 Å². The van der Waals surface area contributed by atoms with Gasteiger partial charge in [-0.15, -0.1) is 0 Å². The lowest BCUT2D eigenvalue weighted by atomic mass is 10.3. The zero-order valence-corrected chi connectivity index (χ0v) is 14.1. The maximum atomic E-state index is 12.3. The summed E-state index contributed by atoms with van der Waals surface area (Å²) in [6.07, 6.45) is 3.84. The third-order valence-electron chi connectivity index (χ3n) is 3.90. The van der Waals surface area contributed by atoms with E-state index in [1.807, 2.05) is 0 Å². The van der Waals surface area contributed by atoms with Gasteiger partial charge < -0.3 is 4.90 Å². The van der Waals surface area contributed by atoms with Crippen molar-refractivity contribution in [3.63, 3.8) is 0 Å². The molecule has 132 valence electrons. The minimum atomic E-state index is -3.80. The first-order valence-corrected chi connectivity index (χ1v) is 9.25. The maximum absolute atomic E-state index is 12.3. The van der Waals surface area contributed by atoms with Gasteiger partial charge in [-0.25, -0.2) is 23.1 Å². The van der Waals surface area contributed by atoms with Crippen LogP contribution < -0.4 is 9.62 Å². The predicted molar refractivity (Wildman–Crippen MR) is 90.6 cm³/mol. The van der Waals surface area contributed by atoms with E-state index in [0.29, 0.717) is 5.82 Å². The highest BCUT2D eigenvalue weighted by atomic mass is 32.2. The second-order valence-corrected chi connectivity index (χ2v) is 7.37. The monoisotopic (exact) mass is 363 g/mol. The Morgan fingerprint density at radius 1 is 1.16 bits per heavy atom. The Morgan fingerprint density at radius 2 is 1.84 bits per heavy atom. The summed E-state index contributed by atoms with van der Waals surface area (Å²) in [6.45, 7) is 1.82. The number of hydrogen-bond acceptors (Lipinski definition) is 7. The quantitative estimate of drug-likeness (QED) is 0.609. The number of sulfonamides is 1. The summed E-state index contributed by atoms with van der Waals surface area (Å²) in [6, 6.07) is 6.50. The van der Waals surface area contributed by atoms with Crippen LogP contribution in [0.15, 0.2) is 41.4 Å². The zero-order valence-electron chi connectivity index (χ0n) is 13.3. The molecule has 0 saturated carbocycles. The molecule has 1 N–H and O–H groups in total. The molecule has 3 rings (SSSR count). The normalized spacial score (nSPS) is 14.6. The van der Waals surface area contributed by atoms with Crippen LogP contribution in [0.5, 0.6) is 0 Å². The first kappa shape index (κ1) is 17.2. The molecule has 0 bridgehead atoms.